The van der Waals surface area contributed by atoms with Gasteiger partial charge in [-0.1, -0.05) is 18.2 Å². The zero-order valence-electron chi connectivity index (χ0n) is 7.01. The summed E-state index contributed by atoms with van der Waals surface area (Å²) in [5.74, 6) is 1.00. The van der Waals surface area contributed by atoms with Gasteiger partial charge in [0.1, 0.15) is 17.6 Å². The minimum atomic E-state index is -2.75. The molecule has 0 radical (unpaired) electrons. The van der Waals surface area contributed by atoms with Gasteiger partial charge in [-0.3, -0.25) is 0 Å². The van der Waals surface area contributed by atoms with Crippen molar-refractivity contribution in [3.8, 4) is 5.75 Å². The van der Waals surface area contributed by atoms with Crippen molar-refractivity contribution < 1.29 is 13.2 Å². The van der Waals surface area contributed by atoms with Gasteiger partial charge in [0.2, 0.25) is 0 Å². The van der Waals surface area contributed by atoms with Crippen molar-refractivity contribution in [1.82, 2.24) is 0 Å². The summed E-state index contributed by atoms with van der Waals surface area (Å²) in [7, 11) is -2.75. The maximum atomic E-state index is 10.8. The van der Waals surface area contributed by atoms with Crippen LogP contribution in [0.15, 0.2) is 30.3 Å². The van der Waals surface area contributed by atoms with E-state index in [-0.39, 0.29) is 17.6 Å². The van der Waals surface area contributed by atoms with Crippen LogP contribution in [0.3, 0.4) is 0 Å². The number of hydrogen-bond acceptors (Lipinski definition) is 3. The molecule has 1 aromatic rings. The average Bonchev–Trinajstić information content (AvgIpc) is 2.73. The van der Waals surface area contributed by atoms with E-state index >= 15 is 0 Å². The highest BCUT2D eigenvalue weighted by Gasteiger charge is 2.44. The fourth-order valence-electron chi connectivity index (χ4n) is 1.08. The summed E-state index contributed by atoms with van der Waals surface area (Å²) >= 11 is 0. The van der Waals surface area contributed by atoms with Gasteiger partial charge in [0, 0.05) is 0 Å². The summed E-state index contributed by atoms with van der Waals surface area (Å²) in [5, 5.41) is -0.271. The Balaban J connectivity index is 1.88. The van der Waals surface area contributed by atoms with Crippen LogP contribution in [0.25, 0.3) is 0 Å². The van der Waals surface area contributed by atoms with Crippen LogP contribution >= 0.6 is 0 Å². The molecule has 0 aliphatic carbocycles. The smallest absolute Gasteiger partial charge is 0.158 e. The molecule has 0 saturated carbocycles. The van der Waals surface area contributed by atoms with Gasteiger partial charge in [0.25, 0.3) is 0 Å². The fraction of sp³-hybridized carbons (Fsp3) is 0.333. The Labute approximate surface area is 77.3 Å². The molecule has 0 bridgehead atoms. The second kappa shape index (κ2) is 3.03. The Morgan fingerprint density at radius 3 is 2.46 bits per heavy atom. The Bertz CT molecular complexity index is 383. The first-order valence-electron chi connectivity index (χ1n) is 4.08. The molecule has 4 heteroatoms. The number of sulfone groups is 1. The average molecular weight is 198 g/mol. The topological polar surface area (TPSA) is 43.4 Å². The lowest BCUT2D eigenvalue weighted by molar-refractivity contribution is 0.328. The zero-order valence-corrected chi connectivity index (χ0v) is 7.83. The summed E-state index contributed by atoms with van der Waals surface area (Å²) in [6.07, 6.45) is 0. The van der Waals surface area contributed by atoms with Crippen LogP contribution < -0.4 is 4.74 Å². The van der Waals surface area contributed by atoms with E-state index in [2.05, 4.69) is 0 Å². The molecule has 1 heterocycles. The lowest BCUT2D eigenvalue weighted by Crippen LogP contribution is -2.05. The largest absolute Gasteiger partial charge is 0.492 e. The fourth-order valence-corrected chi connectivity index (χ4v) is 2.22. The normalized spacial score (nSPS) is 23.8. The van der Waals surface area contributed by atoms with Crippen molar-refractivity contribution in [1.29, 1.82) is 0 Å². The number of ether oxygens (including phenoxy) is 1. The van der Waals surface area contributed by atoms with Gasteiger partial charge in [-0.2, -0.15) is 0 Å². The Morgan fingerprint density at radius 2 is 1.92 bits per heavy atom. The predicted octanol–water partition coefficient (Wildman–Crippen LogP) is 0.862. The van der Waals surface area contributed by atoms with Gasteiger partial charge in [-0.25, -0.2) is 8.42 Å². The van der Waals surface area contributed by atoms with E-state index in [1.165, 1.54) is 0 Å². The summed E-state index contributed by atoms with van der Waals surface area (Å²) in [6, 6.07) is 9.23. The molecule has 1 fully saturated rings. The Morgan fingerprint density at radius 1 is 1.31 bits per heavy atom. The molecule has 0 N–H and O–H groups in total. The summed E-state index contributed by atoms with van der Waals surface area (Å²) in [5.41, 5.74) is 0. The third-order valence-electron chi connectivity index (χ3n) is 1.99. The molecule has 13 heavy (non-hydrogen) atoms. The van der Waals surface area contributed by atoms with Crippen LogP contribution in [0.1, 0.15) is 0 Å². The zero-order chi connectivity index (χ0) is 9.31. The van der Waals surface area contributed by atoms with Gasteiger partial charge in [0.15, 0.2) is 9.84 Å². The van der Waals surface area contributed by atoms with E-state index < -0.39 is 9.84 Å². The molecule has 1 unspecified atom stereocenters. The van der Waals surface area contributed by atoms with Crippen molar-refractivity contribution in [2.24, 2.45) is 0 Å². The summed E-state index contributed by atoms with van der Waals surface area (Å²) < 4.78 is 26.9. The van der Waals surface area contributed by atoms with Crippen LogP contribution in [0.5, 0.6) is 5.75 Å². The SMILES string of the molecule is O=S1(=O)CC1COc1ccccc1. The highest BCUT2D eigenvalue weighted by molar-refractivity contribution is 7.99. The Hall–Kier alpha value is -1.03. The maximum absolute atomic E-state index is 10.8. The highest BCUT2D eigenvalue weighted by Crippen LogP contribution is 2.22. The molecule has 1 aromatic carbocycles. The van der Waals surface area contributed by atoms with Crippen molar-refractivity contribution in [2.75, 3.05) is 12.4 Å². The van der Waals surface area contributed by atoms with E-state index in [9.17, 15) is 8.42 Å². The third-order valence-corrected chi connectivity index (χ3v) is 3.75. The number of rotatable bonds is 3. The third kappa shape index (κ3) is 2.01. The molecular weight excluding hydrogens is 188 g/mol. The summed E-state index contributed by atoms with van der Waals surface area (Å²) in [4.78, 5) is 0. The van der Waals surface area contributed by atoms with Gasteiger partial charge in [0.05, 0.1) is 5.75 Å². The van der Waals surface area contributed by atoms with Crippen LogP contribution in [-0.2, 0) is 9.84 Å². The van der Waals surface area contributed by atoms with E-state index in [1.807, 2.05) is 30.3 Å². The number of benzene rings is 1. The first-order valence-corrected chi connectivity index (χ1v) is 5.79. The standard InChI is InChI=1S/C9H10O3S/c10-13(11)7-9(13)6-12-8-4-2-1-3-5-8/h1-5,9H,6-7H2. The molecule has 0 aromatic heterocycles. The minimum Gasteiger partial charge on any atom is -0.492 e. The monoisotopic (exact) mass is 198 g/mol. The lowest BCUT2D eigenvalue weighted by Gasteiger charge is -2.01. The van der Waals surface area contributed by atoms with E-state index in [1.54, 1.807) is 0 Å². The van der Waals surface area contributed by atoms with Crippen LogP contribution in [0.4, 0.5) is 0 Å². The second-order valence-corrected chi connectivity index (χ2v) is 5.40. The number of para-hydroxylation sites is 1. The van der Waals surface area contributed by atoms with Crippen molar-refractivity contribution in [3.63, 3.8) is 0 Å². The molecule has 2 rings (SSSR count). The molecule has 1 saturated heterocycles. The molecule has 1 aliphatic heterocycles. The first-order chi connectivity index (χ1) is 6.18. The van der Waals surface area contributed by atoms with Gasteiger partial charge in [-0.05, 0) is 12.1 Å². The van der Waals surface area contributed by atoms with Crippen LogP contribution in [0, 0.1) is 0 Å². The van der Waals surface area contributed by atoms with E-state index in [0.29, 0.717) is 0 Å². The van der Waals surface area contributed by atoms with Crippen molar-refractivity contribution >= 4 is 9.84 Å². The van der Waals surface area contributed by atoms with Crippen LogP contribution in [-0.4, -0.2) is 26.0 Å². The molecule has 1 aliphatic rings. The number of hydrogen-bond donors (Lipinski definition) is 0. The van der Waals surface area contributed by atoms with E-state index in [0.717, 1.165) is 5.75 Å². The van der Waals surface area contributed by atoms with E-state index in [4.69, 9.17) is 4.74 Å². The summed E-state index contributed by atoms with van der Waals surface area (Å²) in [6.45, 7) is 0.284. The van der Waals surface area contributed by atoms with Crippen molar-refractivity contribution in [2.45, 2.75) is 5.25 Å². The molecule has 70 valence electrons. The highest BCUT2D eigenvalue weighted by atomic mass is 32.2. The molecule has 0 spiro atoms. The second-order valence-electron chi connectivity index (χ2n) is 3.08. The molecule has 1 atom stereocenters. The van der Waals surface area contributed by atoms with Gasteiger partial charge < -0.3 is 4.74 Å². The van der Waals surface area contributed by atoms with Gasteiger partial charge in [-0.15, -0.1) is 0 Å². The molecule has 3 nitrogen and oxygen atoms in total. The Kier molecular flexibility index (Phi) is 2.00. The predicted molar refractivity (Wildman–Crippen MR) is 49.5 cm³/mol. The lowest BCUT2D eigenvalue weighted by atomic mass is 10.3. The first kappa shape index (κ1) is 8.56. The maximum Gasteiger partial charge on any atom is 0.158 e. The van der Waals surface area contributed by atoms with Crippen LogP contribution in [0.2, 0.25) is 0 Å². The quantitative estimate of drug-likeness (QED) is 0.677. The van der Waals surface area contributed by atoms with Crippen molar-refractivity contribution in [3.05, 3.63) is 30.3 Å². The molecule has 0 amide bonds. The minimum absolute atomic E-state index is 0.271. The van der Waals surface area contributed by atoms with Gasteiger partial charge >= 0.3 is 0 Å². The molecular formula is C9H10O3S.